The molecule has 0 aliphatic heterocycles. The molecule has 0 spiro atoms. The molecule has 1 unspecified atom stereocenters. The summed E-state index contributed by atoms with van der Waals surface area (Å²) in [5.41, 5.74) is 5.53. The first kappa shape index (κ1) is 22.3. The Hall–Kier alpha value is -3.37. The van der Waals surface area contributed by atoms with Crippen molar-refractivity contribution < 1.29 is 19.4 Å². The SMILES string of the molecule is CCOC(Cc1ccc(OC/C=C(\c2ccccc2)c2ccc(C)cc2)cc1)C(=O)O. The minimum Gasteiger partial charge on any atom is -0.490 e. The van der Waals surface area contributed by atoms with E-state index in [2.05, 4.69) is 49.4 Å². The van der Waals surface area contributed by atoms with Crippen molar-refractivity contribution in [1.29, 1.82) is 0 Å². The minimum atomic E-state index is -0.947. The summed E-state index contributed by atoms with van der Waals surface area (Å²) in [5.74, 6) is -0.212. The van der Waals surface area contributed by atoms with E-state index in [-0.39, 0.29) is 0 Å². The number of ether oxygens (including phenoxy) is 2. The third-order valence-corrected chi connectivity index (χ3v) is 4.97. The number of hydrogen-bond donors (Lipinski definition) is 1. The average molecular weight is 417 g/mol. The maximum Gasteiger partial charge on any atom is 0.333 e. The molecule has 0 aromatic heterocycles. The van der Waals surface area contributed by atoms with E-state index in [0.29, 0.717) is 19.6 Å². The Labute approximate surface area is 183 Å². The Bertz CT molecular complexity index is 990. The van der Waals surface area contributed by atoms with Crippen molar-refractivity contribution in [3.8, 4) is 5.75 Å². The van der Waals surface area contributed by atoms with E-state index in [0.717, 1.165) is 28.0 Å². The van der Waals surface area contributed by atoms with Gasteiger partial charge in [-0.3, -0.25) is 0 Å². The summed E-state index contributed by atoms with van der Waals surface area (Å²) in [7, 11) is 0. The number of hydrogen-bond acceptors (Lipinski definition) is 3. The molecule has 31 heavy (non-hydrogen) atoms. The fourth-order valence-corrected chi connectivity index (χ4v) is 3.33. The van der Waals surface area contributed by atoms with Gasteiger partial charge in [0, 0.05) is 13.0 Å². The largest absolute Gasteiger partial charge is 0.490 e. The predicted molar refractivity (Wildman–Crippen MR) is 123 cm³/mol. The van der Waals surface area contributed by atoms with E-state index in [4.69, 9.17) is 9.47 Å². The first-order chi connectivity index (χ1) is 15.1. The van der Waals surface area contributed by atoms with Crippen LogP contribution in [0, 0.1) is 6.92 Å². The lowest BCUT2D eigenvalue weighted by atomic mass is 9.97. The molecule has 0 amide bonds. The Morgan fingerprint density at radius 1 is 0.935 bits per heavy atom. The van der Waals surface area contributed by atoms with Gasteiger partial charge in [0.05, 0.1) is 0 Å². The zero-order valence-electron chi connectivity index (χ0n) is 18.0. The van der Waals surface area contributed by atoms with Gasteiger partial charge in [-0.2, -0.15) is 0 Å². The minimum absolute atomic E-state index is 0.328. The van der Waals surface area contributed by atoms with Gasteiger partial charge < -0.3 is 14.6 Å². The van der Waals surface area contributed by atoms with E-state index in [1.165, 1.54) is 5.56 Å². The van der Waals surface area contributed by atoms with Crippen LogP contribution in [-0.2, 0) is 16.0 Å². The van der Waals surface area contributed by atoms with Crippen molar-refractivity contribution in [3.63, 3.8) is 0 Å². The van der Waals surface area contributed by atoms with Gasteiger partial charge in [-0.05, 0) is 54.3 Å². The first-order valence-corrected chi connectivity index (χ1v) is 10.5. The summed E-state index contributed by atoms with van der Waals surface area (Å²) in [6.45, 7) is 4.67. The molecule has 0 aliphatic rings. The maximum atomic E-state index is 11.3. The lowest BCUT2D eigenvalue weighted by Crippen LogP contribution is -2.26. The number of benzene rings is 3. The second-order valence-electron chi connectivity index (χ2n) is 7.29. The zero-order valence-corrected chi connectivity index (χ0v) is 18.0. The van der Waals surface area contributed by atoms with Crippen LogP contribution < -0.4 is 4.74 Å². The summed E-state index contributed by atoms with van der Waals surface area (Å²) in [4.78, 5) is 11.3. The number of rotatable bonds is 10. The van der Waals surface area contributed by atoms with Gasteiger partial charge in [0.15, 0.2) is 6.10 Å². The molecule has 0 heterocycles. The van der Waals surface area contributed by atoms with E-state index in [9.17, 15) is 9.90 Å². The van der Waals surface area contributed by atoms with Gasteiger partial charge in [-0.1, -0.05) is 72.3 Å². The van der Waals surface area contributed by atoms with Crippen molar-refractivity contribution in [2.45, 2.75) is 26.4 Å². The van der Waals surface area contributed by atoms with Gasteiger partial charge in [-0.15, -0.1) is 0 Å². The lowest BCUT2D eigenvalue weighted by Gasteiger charge is -2.13. The highest BCUT2D eigenvalue weighted by molar-refractivity contribution is 5.79. The molecule has 3 aromatic carbocycles. The normalized spacial score (nSPS) is 12.4. The smallest absolute Gasteiger partial charge is 0.333 e. The molecular formula is C27H28O4. The summed E-state index contributed by atoms with van der Waals surface area (Å²) in [5, 5.41) is 9.24. The van der Waals surface area contributed by atoms with Crippen LogP contribution in [0.3, 0.4) is 0 Å². The molecule has 1 N–H and O–H groups in total. The van der Waals surface area contributed by atoms with Crippen LogP contribution in [0.2, 0.25) is 0 Å². The molecule has 0 saturated carbocycles. The predicted octanol–water partition coefficient (Wildman–Crippen LogP) is 5.54. The summed E-state index contributed by atoms with van der Waals surface area (Å²) in [6, 6.07) is 26.2. The van der Waals surface area contributed by atoms with Gasteiger partial charge in [0.1, 0.15) is 12.4 Å². The van der Waals surface area contributed by atoms with E-state index in [1.54, 1.807) is 6.92 Å². The number of aliphatic carboxylic acids is 1. The molecular weight excluding hydrogens is 388 g/mol. The van der Waals surface area contributed by atoms with E-state index < -0.39 is 12.1 Å². The molecule has 0 saturated heterocycles. The molecule has 3 rings (SSSR count). The van der Waals surface area contributed by atoms with Crippen LogP contribution >= 0.6 is 0 Å². The summed E-state index contributed by atoms with van der Waals surface area (Å²) >= 11 is 0. The van der Waals surface area contributed by atoms with Gasteiger partial charge >= 0.3 is 5.97 Å². The van der Waals surface area contributed by atoms with E-state index in [1.807, 2.05) is 42.5 Å². The first-order valence-electron chi connectivity index (χ1n) is 10.5. The molecule has 0 radical (unpaired) electrons. The number of carboxylic acid groups (broad SMARTS) is 1. The Balaban J connectivity index is 1.69. The van der Waals surface area contributed by atoms with Crippen molar-refractivity contribution in [1.82, 2.24) is 0 Å². The van der Waals surface area contributed by atoms with Crippen LogP contribution in [0.25, 0.3) is 5.57 Å². The van der Waals surface area contributed by atoms with Crippen LogP contribution in [0.15, 0.2) is 84.9 Å². The zero-order chi connectivity index (χ0) is 22.1. The molecule has 4 nitrogen and oxygen atoms in total. The van der Waals surface area contributed by atoms with Crippen molar-refractivity contribution in [3.05, 3.63) is 107 Å². The quantitative estimate of drug-likeness (QED) is 0.472. The number of carbonyl (C=O) groups is 1. The summed E-state index contributed by atoms with van der Waals surface area (Å²) < 4.78 is 11.2. The van der Waals surface area contributed by atoms with Crippen LogP contribution in [0.5, 0.6) is 5.75 Å². The van der Waals surface area contributed by atoms with Gasteiger partial charge in [0.25, 0.3) is 0 Å². The highest BCUT2D eigenvalue weighted by atomic mass is 16.5. The Morgan fingerprint density at radius 3 is 2.19 bits per heavy atom. The second kappa shape index (κ2) is 11.1. The second-order valence-corrected chi connectivity index (χ2v) is 7.29. The monoisotopic (exact) mass is 416 g/mol. The molecule has 1 atom stereocenters. The molecule has 3 aromatic rings. The van der Waals surface area contributed by atoms with Crippen LogP contribution in [0.1, 0.15) is 29.2 Å². The van der Waals surface area contributed by atoms with Gasteiger partial charge in [-0.25, -0.2) is 4.79 Å². The molecule has 160 valence electrons. The number of carboxylic acids is 1. The maximum absolute atomic E-state index is 11.3. The van der Waals surface area contributed by atoms with Gasteiger partial charge in [0.2, 0.25) is 0 Å². The fourth-order valence-electron chi connectivity index (χ4n) is 3.33. The number of aryl methyl sites for hydroxylation is 1. The third-order valence-electron chi connectivity index (χ3n) is 4.97. The fraction of sp³-hybridized carbons (Fsp3) is 0.222. The molecule has 0 fully saturated rings. The average Bonchev–Trinajstić information content (AvgIpc) is 2.79. The summed E-state index contributed by atoms with van der Waals surface area (Å²) in [6.07, 6.45) is 1.58. The highest BCUT2D eigenvalue weighted by Crippen LogP contribution is 2.24. The molecule has 4 heteroatoms. The Morgan fingerprint density at radius 2 is 1.58 bits per heavy atom. The topological polar surface area (TPSA) is 55.8 Å². The highest BCUT2D eigenvalue weighted by Gasteiger charge is 2.17. The van der Waals surface area contributed by atoms with E-state index >= 15 is 0 Å². The Kier molecular flexibility index (Phi) is 8.02. The standard InChI is InChI=1S/C27H28O4/c1-3-30-26(27(28)29)19-21-11-15-24(16-12-21)31-18-17-25(22-7-5-4-6-8-22)23-13-9-20(2)10-14-23/h4-17,26H,3,18-19H2,1-2H3,(H,28,29)/b25-17+. The van der Waals surface area contributed by atoms with Crippen LogP contribution in [-0.4, -0.2) is 30.4 Å². The molecule has 0 aliphatic carbocycles. The van der Waals surface area contributed by atoms with Crippen LogP contribution in [0.4, 0.5) is 0 Å². The lowest BCUT2D eigenvalue weighted by molar-refractivity contribution is -0.149. The van der Waals surface area contributed by atoms with Crippen molar-refractivity contribution in [2.24, 2.45) is 0 Å². The van der Waals surface area contributed by atoms with Crippen molar-refractivity contribution in [2.75, 3.05) is 13.2 Å². The third kappa shape index (κ3) is 6.56. The molecule has 0 bridgehead atoms. The van der Waals surface area contributed by atoms with Crippen molar-refractivity contribution >= 4 is 11.5 Å².